The molecule has 0 radical (unpaired) electrons. The largest absolute Gasteiger partial charge is 0.492 e. The Bertz CT molecular complexity index is 1020. The summed E-state index contributed by atoms with van der Waals surface area (Å²) in [5.41, 5.74) is 2.98. The van der Waals surface area contributed by atoms with Crippen molar-refractivity contribution in [2.24, 2.45) is 0 Å². The summed E-state index contributed by atoms with van der Waals surface area (Å²) in [7, 11) is 1.71. The van der Waals surface area contributed by atoms with Crippen LogP contribution in [0.25, 0.3) is 0 Å². The van der Waals surface area contributed by atoms with Crippen molar-refractivity contribution in [3.63, 3.8) is 0 Å². The fourth-order valence-electron chi connectivity index (χ4n) is 4.11. The highest BCUT2D eigenvalue weighted by Gasteiger charge is 2.36. The van der Waals surface area contributed by atoms with Gasteiger partial charge in [-0.1, -0.05) is 6.07 Å². The monoisotopic (exact) mass is 439 g/mol. The van der Waals surface area contributed by atoms with Gasteiger partial charge in [0.25, 0.3) is 11.6 Å². The third-order valence-corrected chi connectivity index (χ3v) is 5.71. The highest BCUT2D eigenvalue weighted by Crippen LogP contribution is 2.25. The van der Waals surface area contributed by atoms with Crippen LogP contribution in [0.15, 0.2) is 36.4 Å². The van der Waals surface area contributed by atoms with Crippen molar-refractivity contribution in [1.29, 1.82) is 0 Å². The minimum Gasteiger partial charge on any atom is -0.492 e. The minimum absolute atomic E-state index is 0.0286. The molecule has 0 N–H and O–H groups in total. The summed E-state index contributed by atoms with van der Waals surface area (Å²) in [6.45, 7) is 6.86. The van der Waals surface area contributed by atoms with Crippen LogP contribution >= 0.6 is 0 Å². The second-order valence-corrected chi connectivity index (χ2v) is 8.35. The molecule has 170 valence electrons. The van der Waals surface area contributed by atoms with Crippen molar-refractivity contribution in [3.8, 4) is 5.75 Å². The van der Waals surface area contributed by atoms with Crippen molar-refractivity contribution < 1.29 is 19.2 Å². The van der Waals surface area contributed by atoms with Gasteiger partial charge in [-0.2, -0.15) is 0 Å². The number of carbonyl (C=O) groups is 2. The summed E-state index contributed by atoms with van der Waals surface area (Å²) >= 11 is 0. The number of nitro groups is 1. The number of rotatable bonds is 7. The van der Waals surface area contributed by atoms with Crippen molar-refractivity contribution in [3.05, 3.63) is 68.8 Å². The second kappa shape index (κ2) is 9.80. The van der Waals surface area contributed by atoms with Gasteiger partial charge in [0.15, 0.2) is 0 Å². The number of aryl methyl sites for hydroxylation is 3. The van der Waals surface area contributed by atoms with Gasteiger partial charge in [-0.15, -0.1) is 0 Å². The van der Waals surface area contributed by atoms with Crippen LogP contribution in [0.1, 0.15) is 39.9 Å². The number of nitro benzene ring substituents is 1. The third kappa shape index (κ3) is 5.25. The molecular weight excluding hydrogens is 410 g/mol. The first-order chi connectivity index (χ1) is 15.2. The van der Waals surface area contributed by atoms with E-state index in [0.717, 1.165) is 23.3 Å². The predicted octanol–water partition coefficient (Wildman–Crippen LogP) is 3.66. The molecule has 2 aromatic rings. The molecule has 1 aliphatic rings. The number of carbonyl (C=O) groups excluding carboxylic acids is 2. The van der Waals surface area contributed by atoms with Gasteiger partial charge in [-0.05, 0) is 69.0 Å². The minimum atomic E-state index is -0.538. The van der Waals surface area contributed by atoms with Gasteiger partial charge in [0.1, 0.15) is 18.4 Å². The summed E-state index contributed by atoms with van der Waals surface area (Å²) < 4.78 is 5.81. The molecule has 2 amide bonds. The fraction of sp³-hybridized carbons (Fsp3) is 0.417. The maximum atomic E-state index is 13.0. The Morgan fingerprint density at radius 3 is 2.47 bits per heavy atom. The van der Waals surface area contributed by atoms with Crippen LogP contribution in [-0.2, 0) is 4.79 Å². The molecule has 1 fully saturated rings. The van der Waals surface area contributed by atoms with Crippen LogP contribution in [0.5, 0.6) is 5.75 Å². The van der Waals surface area contributed by atoms with E-state index in [4.69, 9.17) is 4.74 Å². The Labute approximate surface area is 187 Å². The molecule has 32 heavy (non-hydrogen) atoms. The zero-order valence-corrected chi connectivity index (χ0v) is 19.0. The van der Waals surface area contributed by atoms with E-state index in [1.54, 1.807) is 23.8 Å². The van der Waals surface area contributed by atoms with Crippen LogP contribution < -0.4 is 4.74 Å². The highest BCUT2D eigenvalue weighted by molar-refractivity contribution is 5.98. The molecule has 3 rings (SSSR count). The average molecular weight is 440 g/mol. The standard InChI is InChI=1S/C24H29N3O5/c1-16-12-17(2)14-20(13-16)32-11-10-25(4)24(29)22-6-5-9-26(22)23(28)19-7-8-21(27(30)31)18(3)15-19/h7-8,12-15,22H,5-6,9-11H2,1-4H3. The molecule has 1 heterocycles. The highest BCUT2D eigenvalue weighted by atomic mass is 16.6. The number of hydrogen-bond donors (Lipinski definition) is 0. The Hall–Kier alpha value is -3.42. The number of amides is 2. The Kier molecular flexibility index (Phi) is 7.12. The summed E-state index contributed by atoms with van der Waals surface area (Å²) in [6, 6.07) is 9.75. The number of hydrogen-bond acceptors (Lipinski definition) is 5. The van der Waals surface area contributed by atoms with E-state index in [9.17, 15) is 19.7 Å². The number of benzene rings is 2. The molecule has 0 saturated carbocycles. The lowest BCUT2D eigenvalue weighted by Crippen LogP contribution is -2.47. The zero-order chi connectivity index (χ0) is 23.4. The van der Waals surface area contributed by atoms with Gasteiger partial charge in [0.05, 0.1) is 11.5 Å². The lowest BCUT2D eigenvalue weighted by molar-refractivity contribution is -0.385. The van der Waals surface area contributed by atoms with E-state index < -0.39 is 11.0 Å². The third-order valence-electron chi connectivity index (χ3n) is 5.71. The van der Waals surface area contributed by atoms with Crippen LogP contribution in [0.2, 0.25) is 0 Å². The number of likely N-dealkylation sites (N-methyl/N-ethyl adjacent to an activating group) is 1. The van der Waals surface area contributed by atoms with E-state index in [-0.39, 0.29) is 17.5 Å². The molecule has 1 atom stereocenters. The molecule has 1 unspecified atom stereocenters. The van der Waals surface area contributed by atoms with Crippen LogP contribution in [0.4, 0.5) is 5.69 Å². The maximum Gasteiger partial charge on any atom is 0.272 e. The number of nitrogens with zero attached hydrogens (tertiary/aromatic N) is 3. The fourth-order valence-corrected chi connectivity index (χ4v) is 4.11. The summed E-state index contributed by atoms with van der Waals surface area (Å²) in [5.74, 6) is 0.367. The lowest BCUT2D eigenvalue weighted by Gasteiger charge is -2.28. The molecule has 0 spiro atoms. The van der Waals surface area contributed by atoms with Crippen LogP contribution in [0.3, 0.4) is 0 Å². The van der Waals surface area contributed by atoms with Gasteiger partial charge in [0.2, 0.25) is 5.91 Å². The molecule has 1 aliphatic heterocycles. The zero-order valence-electron chi connectivity index (χ0n) is 19.0. The molecule has 8 nitrogen and oxygen atoms in total. The van der Waals surface area contributed by atoms with Crippen molar-refractivity contribution in [2.45, 2.75) is 39.7 Å². The Morgan fingerprint density at radius 1 is 1.16 bits per heavy atom. The van der Waals surface area contributed by atoms with Crippen molar-refractivity contribution in [1.82, 2.24) is 9.80 Å². The molecular formula is C24H29N3O5. The van der Waals surface area contributed by atoms with Gasteiger partial charge in [-0.3, -0.25) is 19.7 Å². The molecule has 0 bridgehead atoms. The molecule has 2 aromatic carbocycles. The summed E-state index contributed by atoms with van der Waals surface area (Å²) in [4.78, 5) is 39.8. The first-order valence-electron chi connectivity index (χ1n) is 10.7. The van der Waals surface area contributed by atoms with E-state index in [1.807, 2.05) is 26.0 Å². The summed E-state index contributed by atoms with van der Waals surface area (Å²) in [6.07, 6.45) is 1.33. The van der Waals surface area contributed by atoms with Gasteiger partial charge in [0, 0.05) is 30.8 Å². The van der Waals surface area contributed by atoms with Crippen molar-refractivity contribution >= 4 is 17.5 Å². The quantitative estimate of drug-likeness (QED) is 0.485. The maximum absolute atomic E-state index is 13.0. The predicted molar refractivity (Wildman–Crippen MR) is 121 cm³/mol. The molecule has 0 aromatic heterocycles. The SMILES string of the molecule is Cc1cc(C)cc(OCCN(C)C(=O)C2CCCN2C(=O)c2ccc([N+](=O)[O-])c(C)c2)c1. The summed E-state index contributed by atoms with van der Waals surface area (Å²) in [5, 5.41) is 11.0. The molecule has 8 heteroatoms. The van der Waals surface area contributed by atoms with E-state index in [0.29, 0.717) is 37.2 Å². The topological polar surface area (TPSA) is 93.0 Å². The molecule has 1 saturated heterocycles. The first-order valence-corrected chi connectivity index (χ1v) is 10.7. The average Bonchev–Trinajstić information content (AvgIpc) is 3.21. The Balaban J connectivity index is 1.62. The van der Waals surface area contributed by atoms with E-state index in [1.165, 1.54) is 18.2 Å². The van der Waals surface area contributed by atoms with Crippen LogP contribution in [-0.4, -0.2) is 59.3 Å². The number of ether oxygens (including phenoxy) is 1. The van der Waals surface area contributed by atoms with Crippen LogP contribution in [0, 0.1) is 30.9 Å². The smallest absolute Gasteiger partial charge is 0.272 e. The lowest BCUT2D eigenvalue weighted by atomic mass is 10.1. The van der Waals surface area contributed by atoms with Gasteiger partial charge in [-0.25, -0.2) is 0 Å². The Morgan fingerprint density at radius 2 is 1.84 bits per heavy atom. The van der Waals surface area contributed by atoms with Gasteiger partial charge < -0.3 is 14.5 Å². The number of likely N-dealkylation sites (tertiary alicyclic amines) is 1. The van der Waals surface area contributed by atoms with E-state index in [2.05, 4.69) is 6.07 Å². The molecule has 0 aliphatic carbocycles. The first kappa shape index (κ1) is 23.2. The van der Waals surface area contributed by atoms with E-state index >= 15 is 0 Å². The normalized spacial score (nSPS) is 15.5. The van der Waals surface area contributed by atoms with Gasteiger partial charge >= 0.3 is 0 Å². The second-order valence-electron chi connectivity index (χ2n) is 8.35. The van der Waals surface area contributed by atoms with Crippen molar-refractivity contribution in [2.75, 3.05) is 26.7 Å².